The molecule has 1 atom stereocenters. The average Bonchev–Trinajstić information content (AvgIpc) is 2.63. The van der Waals surface area contributed by atoms with Gasteiger partial charge >= 0.3 is 0 Å². The van der Waals surface area contributed by atoms with E-state index in [1.165, 1.54) is 19.3 Å². The zero-order chi connectivity index (χ0) is 17.7. The highest BCUT2D eigenvalue weighted by atomic mass is 79.9. The van der Waals surface area contributed by atoms with Crippen LogP contribution in [0.1, 0.15) is 38.2 Å². The molecule has 0 saturated carbocycles. The Morgan fingerprint density at radius 1 is 1.04 bits per heavy atom. The molecule has 4 heteroatoms. The van der Waals surface area contributed by atoms with Gasteiger partial charge in [-0.3, -0.25) is 0 Å². The molecule has 1 aliphatic rings. The predicted octanol–water partition coefficient (Wildman–Crippen LogP) is 5.32. The van der Waals surface area contributed by atoms with Crippen LogP contribution in [0.4, 0.5) is 0 Å². The quantitative estimate of drug-likeness (QED) is 0.707. The number of rotatable bonds is 6. The fourth-order valence-corrected chi connectivity index (χ4v) is 3.59. The fourth-order valence-electron chi connectivity index (χ4n) is 3.32. The van der Waals surface area contributed by atoms with Crippen LogP contribution in [0.2, 0.25) is 0 Å². The standard InChI is InChI=1S/C21H26BrNO2/c1-21(24,13-16-23-14-5-2-6-15-23)19-7-3-4-8-20(19)25-18-11-9-17(22)10-12-18/h3-4,7-12,24H,2,5-6,13-16H2,1H3. The lowest BCUT2D eigenvalue weighted by atomic mass is 9.91. The molecule has 1 unspecified atom stereocenters. The Morgan fingerprint density at radius 3 is 2.44 bits per heavy atom. The second-order valence-corrected chi connectivity index (χ2v) is 7.89. The van der Waals surface area contributed by atoms with Gasteiger partial charge in [-0.1, -0.05) is 40.5 Å². The number of benzene rings is 2. The third-order valence-electron chi connectivity index (χ3n) is 4.87. The monoisotopic (exact) mass is 403 g/mol. The molecule has 1 fully saturated rings. The molecular weight excluding hydrogens is 378 g/mol. The summed E-state index contributed by atoms with van der Waals surface area (Å²) in [6, 6.07) is 15.5. The third-order valence-corrected chi connectivity index (χ3v) is 5.40. The van der Waals surface area contributed by atoms with Gasteiger partial charge in [-0.15, -0.1) is 0 Å². The molecular formula is C21H26BrNO2. The van der Waals surface area contributed by atoms with E-state index in [-0.39, 0.29) is 0 Å². The Kier molecular flexibility index (Phi) is 6.15. The number of nitrogens with zero attached hydrogens (tertiary/aromatic N) is 1. The second-order valence-electron chi connectivity index (χ2n) is 6.98. The van der Waals surface area contributed by atoms with Crippen LogP contribution in [0.15, 0.2) is 53.0 Å². The van der Waals surface area contributed by atoms with Crippen molar-refractivity contribution in [3.63, 3.8) is 0 Å². The van der Waals surface area contributed by atoms with Gasteiger partial charge in [0.1, 0.15) is 11.5 Å². The van der Waals surface area contributed by atoms with E-state index in [9.17, 15) is 5.11 Å². The molecule has 134 valence electrons. The van der Waals surface area contributed by atoms with Gasteiger partial charge in [0.2, 0.25) is 0 Å². The van der Waals surface area contributed by atoms with E-state index < -0.39 is 5.60 Å². The molecule has 0 amide bonds. The van der Waals surface area contributed by atoms with Crippen LogP contribution >= 0.6 is 15.9 Å². The van der Waals surface area contributed by atoms with Crippen molar-refractivity contribution >= 4 is 15.9 Å². The highest BCUT2D eigenvalue weighted by Crippen LogP contribution is 2.35. The van der Waals surface area contributed by atoms with E-state index in [1.54, 1.807) is 0 Å². The van der Waals surface area contributed by atoms with Gasteiger partial charge in [0, 0.05) is 16.6 Å². The summed E-state index contributed by atoms with van der Waals surface area (Å²) in [5.41, 5.74) is -0.0708. The summed E-state index contributed by atoms with van der Waals surface area (Å²) in [7, 11) is 0. The minimum atomic E-state index is -0.913. The van der Waals surface area contributed by atoms with Crippen LogP contribution in [-0.4, -0.2) is 29.6 Å². The van der Waals surface area contributed by atoms with Crippen molar-refractivity contribution in [2.24, 2.45) is 0 Å². The van der Waals surface area contributed by atoms with Gasteiger partial charge in [-0.2, -0.15) is 0 Å². The summed E-state index contributed by atoms with van der Waals surface area (Å²) in [6.07, 6.45) is 4.57. The van der Waals surface area contributed by atoms with Crippen LogP contribution < -0.4 is 4.74 Å². The van der Waals surface area contributed by atoms with Crippen LogP contribution in [0.3, 0.4) is 0 Å². The first-order valence-corrected chi connectivity index (χ1v) is 9.81. The van der Waals surface area contributed by atoms with E-state index in [0.29, 0.717) is 12.2 Å². The minimum Gasteiger partial charge on any atom is -0.457 e. The second kappa shape index (κ2) is 8.35. The fraction of sp³-hybridized carbons (Fsp3) is 0.429. The lowest BCUT2D eigenvalue weighted by Crippen LogP contribution is -2.35. The molecule has 1 saturated heterocycles. The first-order valence-electron chi connectivity index (χ1n) is 9.02. The van der Waals surface area contributed by atoms with Crippen molar-refractivity contribution in [2.45, 2.75) is 38.2 Å². The van der Waals surface area contributed by atoms with E-state index in [1.807, 2.05) is 55.5 Å². The van der Waals surface area contributed by atoms with Crippen molar-refractivity contribution in [2.75, 3.05) is 19.6 Å². The number of likely N-dealkylation sites (tertiary alicyclic amines) is 1. The maximum atomic E-state index is 11.1. The Hall–Kier alpha value is -1.36. The topological polar surface area (TPSA) is 32.7 Å². The van der Waals surface area contributed by atoms with Gasteiger partial charge in [-0.05, 0) is 69.6 Å². The molecule has 0 spiro atoms. The normalized spacial score (nSPS) is 17.9. The van der Waals surface area contributed by atoms with E-state index >= 15 is 0 Å². The highest BCUT2D eigenvalue weighted by molar-refractivity contribution is 9.10. The van der Waals surface area contributed by atoms with Crippen molar-refractivity contribution in [1.29, 1.82) is 0 Å². The third kappa shape index (κ3) is 5.06. The maximum absolute atomic E-state index is 11.1. The molecule has 3 nitrogen and oxygen atoms in total. The molecule has 3 rings (SSSR count). The maximum Gasteiger partial charge on any atom is 0.133 e. The summed E-state index contributed by atoms with van der Waals surface area (Å²) in [6.45, 7) is 5.10. The smallest absolute Gasteiger partial charge is 0.133 e. The van der Waals surface area contributed by atoms with Gasteiger partial charge in [-0.25, -0.2) is 0 Å². The molecule has 1 aliphatic heterocycles. The molecule has 1 N–H and O–H groups in total. The molecule has 2 aromatic carbocycles. The van der Waals surface area contributed by atoms with Gasteiger partial charge < -0.3 is 14.7 Å². The highest BCUT2D eigenvalue weighted by Gasteiger charge is 2.28. The number of ether oxygens (including phenoxy) is 1. The van der Waals surface area contributed by atoms with E-state index in [4.69, 9.17) is 4.74 Å². The Balaban J connectivity index is 1.72. The molecule has 2 aromatic rings. The first kappa shape index (κ1) is 18.4. The number of para-hydroxylation sites is 1. The van der Waals surface area contributed by atoms with E-state index in [2.05, 4.69) is 20.8 Å². The lowest BCUT2D eigenvalue weighted by molar-refractivity contribution is 0.0319. The SMILES string of the molecule is CC(O)(CCN1CCCCC1)c1ccccc1Oc1ccc(Br)cc1. The number of halogens is 1. The van der Waals surface area contributed by atoms with Crippen LogP contribution in [0.5, 0.6) is 11.5 Å². The number of aliphatic hydroxyl groups is 1. The summed E-state index contributed by atoms with van der Waals surface area (Å²) >= 11 is 3.44. The number of piperidine rings is 1. The summed E-state index contributed by atoms with van der Waals surface area (Å²) in [4.78, 5) is 2.45. The summed E-state index contributed by atoms with van der Waals surface area (Å²) < 4.78 is 7.06. The molecule has 0 aliphatic carbocycles. The predicted molar refractivity (Wildman–Crippen MR) is 105 cm³/mol. The van der Waals surface area contributed by atoms with Crippen molar-refractivity contribution < 1.29 is 9.84 Å². The van der Waals surface area contributed by atoms with Crippen LogP contribution in [0.25, 0.3) is 0 Å². The molecule has 1 heterocycles. The van der Waals surface area contributed by atoms with Gasteiger partial charge in [0.25, 0.3) is 0 Å². The van der Waals surface area contributed by atoms with Crippen molar-refractivity contribution in [3.05, 3.63) is 58.6 Å². The van der Waals surface area contributed by atoms with Gasteiger partial charge in [0.05, 0.1) is 5.60 Å². The minimum absolute atomic E-state index is 0.702. The first-order chi connectivity index (χ1) is 12.0. The zero-order valence-electron chi connectivity index (χ0n) is 14.7. The summed E-state index contributed by atoms with van der Waals surface area (Å²) in [5.74, 6) is 1.48. The lowest BCUT2D eigenvalue weighted by Gasteiger charge is -2.31. The average molecular weight is 404 g/mol. The zero-order valence-corrected chi connectivity index (χ0v) is 16.3. The largest absolute Gasteiger partial charge is 0.457 e. The number of hydrogen-bond acceptors (Lipinski definition) is 3. The van der Waals surface area contributed by atoms with Crippen molar-refractivity contribution in [1.82, 2.24) is 4.90 Å². The molecule has 0 bridgehead atoms. The van der Waals surface area contributed by atoms with Crippen molar-refractivity contribution in [3.8, 4) is 11.5 Å². The Labute approximate surface area is 158 Å². The van der Waals surface area contributed by atoms with E-state index in [0.717, 1.165) is 35.4 Å². The molecule has 25 heavy (non-hydrogen) atoms. The Bertz CT molecular complexity index is 679. The van der Waals surface area contributed by atoms with Gasteiger partial charge in [0.15, 0.2) is 0 Å². The molecule has 0 aromatic heterocycles. The van der Waals surface area contributed by atoms with Crippen LogP contribution in [0, 0.1) is 0 Å². The Morgan fingerprint density at radius 2 is 1.72 bits per heavy atom. The summed E-state index contributed by atoms with van der Waals surface area (Å²) in [5, 5.41) is 11.1. The van der Waals surface area contributed by atoms with Crippen LogP contribution in [-0.2, 0) is 5.60 Å². The number of hydrogen-bond donors (Lipinski definition) is 1. The molecule has 0 radical (unpaired) electrons.